The molecule has 1 saturated heterocycles. The fourth-order valence-electron chi connectivity index (χ4n) is 2.33. The van der Waals surface area contributed by atoms with Crippen LogP contribution < -0.4 is 4.90 Å². The number of hydrogen-bond acceptors (Lipinski definition) is 2. The molecule has 3 nitrogen and oxygen atoms in total. The Labute approximate surface area is 110 Å². The Bertz CT molecular complexity index is 481. The van der Waals surface area contributed by atoms with Crippen molar-refractivity contribution in [2.45, 2.75) is 26.7 Å². The zero-order chi connectivity index (χ0) is 14.2. The van der Waals surface area contributed by atoms with Gasteiger partial charge >= 0.3 is 5.97 Å². The standard InChI is InChI=1S/C14H17F2NO2/c1-14(2)3-5-17(6-4-14)12-10(15)7-9(13(18)19)8-11(12)16/h7-8H,3-6H2,1-2H3,(H,18,19). The highest BCUT2D eigenvalue weighted by Crippen LogP contribution is 2.34. The number of rotatable bonds is 2. The number of carboxylic acid groups (broad SMARTS) is 1. The highest BCUT2D eigenvalue weighted by Gasteiger charge is 2.28. The number of piperidine rings is 1. The summed E-state index contributed by atoms with van der Waals surface area (Å²) in [6.45, 7) is 5.41. The maximum Gasteiger partial charge on any atom is 0.335 e. The SMILES string of the molecule is CC1(C)CCN(c2c(F)cc(C(=O)O)cc2F)CC1. The van der Waals surface area contributed by atoms with Crippen LogP contribution in [0, 0.1) is 17.0 Å². The minimum absolute atomic E-state index is 0.111. The third-order valence-corrected chi connectivity index (χ3v) is 3.70. The maximum atomic E-state index is 13.9. The Morgan fingerprint density at radius 1 is 1.21 bits per heavy atom. The number of halogens is 2. The molecule has 1 aliphatic heterocycles. The van der Waals surface area contributed by atoms with Crippen LogP contribution >= 0.6 is 0 Å². The second kappa shape index (κ2) is 4.79. The number of benzene rings is 1. The van der Waals surface area contributed by atoms with Gasteiger partial charge < -0.3 is 10.0 Å². The molecular weight excluding hydrogens is 252 g/mol. The molecule has 0 bridgehead atoms. The summed E-state index contributed by atoms with van der Waals surface area (Å²) in [5.74, 6) is -2.95. The smallest absolute Gasteiger partial charge is 0.335 e. The van der Waals surface area contributed by atoms with Crippen molar-refractivity contribution >= 4 is 11.7 Å². The second-order valence-electron chi connectivity index (χ2n) is 5.74. The van der Waals surface area contributed by atoms with Crippen molar-refractivity contribution in [3.05, 3.63) is 29.3 Å². The molecule has 0 radical (unpaired) electrons. The predicted molar refractivity (Wildman–Crippen MR) is 68.5 cm³/mol. The van der Waals surface area contributed by atoms with Gasteiger partial charge in [0, 0.05) is 13.1 Å². The van der Waals surface area contributed by atoms with Crippen molar-refractivity contribution in [3.8, 4) is 0 Å². The first-order chi connectivity index (χ1) is 8.80. The Morgan fingerprint density at radius 3 is 2.11 bits per heavy atom. The molecule has 104 valence electrons. The third-order valence-electron chi connectivity index (χ3n) is 3.70. The summed E-state index contributed by atoms with van der Waals surface area (Å²) in [5.41, 5.74) is -0.290. The van der Waals surface area contributed by atoms with Crippen LogP contribution in [-0.4, -0.2) is 24.2 Å². The van der Waals surface area contributed by atoms with Crippen LogP contribution in [0.5, 0.6) is 0 Å². The molecule has 1 heterocycles. The summed E-state index contributed by atoms with van der Waals surface area (Å²) >= 11 is 0. The van der Waals surface area contributed by atoms with Gasteiger partial charge in [0.2, 0.25) is 0 Å². The van der Waals surface area contributed by atoms with Crippen LogP contribution in [0.25, 0.3) is 0 Å². The lowest BCUT2D eigenvalue weighted by Crippen LogP contribution is -2.38. The van der Waals surface area contributed by atoms with E-state index in [0.717, 1.165) is 25.0 Å². The first-order valence-electron chi connectivity index (χ1n) is 6.27. The Kier molecular flexibility index (Phi) is 3.47. The zero-order valence-corrected chi connectivity index (χ0v) is 11.0. The fraction of sp³-hybridized carbons (Fsp3) is 0.500. The van der Waals surface area contributed by atoms with Crippen LogP contribution in [-0.2, 0) is 0 Å². The summed E-state index contributed by atoms with van der Waals surface area (Å²) in [5, 5.41) is 8.76. The number of carboxylic acids is 1. The monoisotopic (exact) mass is 269 g/mol. The average molecular weight is 269 g/mol. The van der Waals surface area contributed by atoms with Gasteiger partial charge in [0.05, 0.1) is 5.56 Å². The minimum Gasteiger partial charge on any atom is -0.478 e. The Hall–Kier alpha value is -1.65. The van der Waals surface area contributed by atoms with Crippen LogP contribution in [0.4, 0.5) is 14.5 Å². The maximum absolute atomic E-state index is 13.9. The molecule has 0 aromatic heterocycles. The third kappa shape index (κ3) is 2.85. The van der Waals surface area contributed by atoms with E-state index in [1.54, 1.807) is 4.90 Å². The van der Waals surface area contributed by atoms with Gasteiger partial charge in [-0.15, -0.1) is 0 Å². The molecule has 0 spiro atoms. The number of anilines is 1. The molecule has 1 aromatic rings. The predicted octanol–water partition coefficient (Wildman–Crippen LogP) is 3.29. The van der Waals surface area contributed by atoms with E-state index < -0.39 is 17.6 Å². The van der Waals surface area contributed by atoms with Gasteiger partial charge in [-0.2, -0.15) is 0 Å². The topological polar surface area (TPSA) is 40.5 Å². The van der Waals surface area contributed by atoms with E-state index in [2.05, 4.69) is 13.8 Å². The van der Waals surface area contributed by atoms with Gasteiger partial charge in [-0.25, -0.2) is 13.6 Å². The van der Waals surface area contributed by atoms with Crippen LogP contribution in [0.3, 0.4) is 0 Å². The molecule has 5 heteroatoms. The van der Waals surface area contributed by atoms with Crippen molar-refractivity contribution in [1.29, 1.82) is 0 Å². The van der Waals surface area contributed by atoms with Gasteiger partial charge in [-0.1, -0.05) is 13.8 Å². The van der Waals surface area contributed by atoms with Crippen molar-refractivity contribution in [2.24, 2.45) is 5.41 Å². The number of carbonyl (C=O) groups is 1. The van der Waals surface area contributed by atoms with Crippen LogP contribution in [0.1, 0.15) is 37.0 Å². The minimum atomic E-state index is -1.33. The largest absolute Gasteiger partial charge is 0.478 e. The van der Waals surface area contributed by atoms with E-state index in [0.29, 0.717) is 13.1 Å². The van der Waals surface area contributed by atoms with Crippen LogP contribution in [0.15, 0.2) is 12.1 Å². The molecule has 0 aliphatic carbocycles. The van der Waals surface area contributed by atoms with Crippen molar-refractivity contribution in [2.75, 3.05) is 18.0 Å². The molecule has 2 rings (SSSR count). The van der Waals surface area contributed by atoms with E-state index in [4.69, 9.17) is 5.11 Å². The van der Waals surface area contributed by atoms with E-state index in [-0.39, 0.29) is 16.7 Å². The van der Waals surface area contributed by atoms with E-state index >= 15 is 0 Å². The van der Waals surface area contributed by atoms with Gasteiger partial charge in [-0.3, -0.25) is 0 Å². The summed E-state index contributed by atoms with van der Waals surface area (Å²) in [4.78, 5) is 12.4. The van der Waals surface area contributed by atoms with Gasteiger partial charge in [0.1, 0.15) is 17.3 Å². The molecule has 1 N–H and O–H groups in total. The highest BCUT2D eigenvalue weighted by molar-refractivity contribution is 5.88. The summed E-state index contributed by atoms with van der Waals surface area (Å²) in [6, 6.07) is 1.75. The lowest BCUT2D eigenvalue weighted by molar-refractivity contribution is 0.0696. The molecule has 19 heavy (non-hydrogen) atoms. The van der Waals surface area contributed by atoms with E-state index in [9.17, 15) is 13.6 Å². The molecular formula is C14H17F2NO2. The summed E-state index contributed by atoms with van der Waals surface area (Å²) in [6.07, 6.45) is 1.71. The van der Waals surface area contributed by atoms with Crippen molar-refractivity contribution in [1.82, 2.24) is 0 Å². The lowest BCUT2D eigenvalue weighted by Gasteiger charge is -2.38. The number of hydrogen-bond donors (Lipinski definition) is 1. The first-order valence-corrected chi connectivity index (χ1v) is 6.27. The molecule has 1 fully saturated rings. The lowest BCUT2D eigenvalue weighted by atomic mass is 9.82. The molecule has 1 aromatic carbocycles. The molecule has 0 unspecified atom stereocenters. The first kappa shape index (κ1) is 13.8. The molecule has 0 atom stereocenters. The Morgan fingerprint density at radius 2 is 1.68 bits per heavy atom. The molecule has 0 saturated carbocycles. The van der Waals surface area contributed by atoms with Crippen molar-refractivity contribution in [3.63, 3.8) is 0 Å². The van der Waals surface area contributed by atoms with E-state index in [1.807, 2.05) is 0 Å². The Balaban J connectivity index is 2.29. The molecule has 0 amide bonds. The number of nitrogens with zero attached hydrogens (tertiary/aromatic N) is 1. The van der Waals surface area contributed by atoms with Gasteiger partial charge in [0.15, 0.2) is 0 Å². The summed E-state index contributed by atoms with van der Waals surface area (Å²) < 4.78 is 27.8. The normalized spacial score (nSPS) is 18.4. The van der Waals surface area contributed by atoms with Crippen LogP contribution in [0.2, 0.25) is 0 Å². The zero-order valence-electron chi connectivity index (χ0n) is 11.0. The quantitative estimate of drug-likeness (QED) is 0.895. The summed E-state index contributed by atoms with van der Waals surface area (Å²) in [7, 11) is 0. The van der Waals surface area contributed by atoms with E-state index in [1.165, 1.54) is 0 Å². The van der Waals surface area contributed by atoms with Gasteiger partial charge in [-0.05, 0) is 30.4 Å². The average Bonchev–Trinajstić information content (AvgIpc) is 2.30. The highest BCUT2D eigenvalue weighted by atomic mass is 19.1. The van der Waals surface area contributed by atoms with Gasteiger partial charge in [0.25, 0.3) is 0 Å². The fourth-order valence-corrected chi connectivity index (χ4v) is 2.33. The number of aromatic carboxylic acids is 1. The molecule has 1 aliphatic rings. The second-order valence-corrected chi connectivity index (χ2v) is 5.74. The van der Waals surface area contributed by atoms with Crippen molar-refractivity contribution < 1.29 is 18.7 Å².